The van der Waals surface area contributed by atoms with Gasteiger partial charge in [0.15, 0.2) is 0 Å². The molecule has 4 nitrogen and oxygen atoms in total. The molecule has 2 N–H and O–H groups in total. The van der Waals surface area contributed by atoms with Crippen LogP contribution in [-0.2, 0) is 15.1 Å². The van der Waals surface area contributed by atoms with Gasteiger partial charge in [0, 0.05) is 5.69 Å². The van der Waals surface area contributed by atoms with Crippen LogP contribution in [0.1, 0.15) is 16.7 Å². The number of rotatable bonds is 4. The fourth-order valence-electron chi connectivity index (χ4n) is 2.67. The lowest BCUT2D eigenvalue weighted by Gasteiger charge is -2.35. The molecule has 2 aromatic carbocycles. The standard InChI is InChI=1S/C18H17F4NO3/c1-10-8-12(9-11(2)15(10)24)17(16(25)26-3,18(20,21)22)23-14-6-4-13(19)5-7-14/h4-9,23-24H,1-3H3/t17-/m0/s1. The van der Waals surface area contributed by atoms with Gasteiger partial charge in [0.1, 0.15) is 11.6 Å². The molecule has 0 spiro atoms. The smallest absolute Gasteiger partial charge is 0.426 e. The largest absolute Gasteiger partial charge is 0.507 e. The molecule has 0 aliphatic carbocycles. The first-order valence-corrected chi connectivity index (χ1v) is 7.52. The highest BCUT2D eigenvalue weighted by Crippen LogP contribution is 2.44. The summed E-state index contributed by atoms with van der Waals surface area (Å²) in [5.74, 6) is -2.39. The minimum absolute atomic E-state index is 0.127. The minimum Gasteiger partial charge on any atom is -0.507 e. The van der Waals surface area contributed by atoms with Gasteiger partial charge >= 0.3 is 12.1 Å². The van der Waals surface area contributed by atoms with Gasteiger partial charge < -0.3 is 15.2 Å². The van der Waals surface area contributed by atoms with E-state index in [9.17, 15) is 27.5 Å². The Morgan fingerprint density at radius 3 is 2.00 bits per heavy atom. The van der Waals surface area contributed by atoms with E-state index in [1.54, 1.807) is 0 Å². The highest BCUT2D eigenvalue weighted by atomic mass is 19.4. The van der Waals surface area contributed by atoms with Crippen molar-refractivity contribution in [2.75, 3.05) is 12.4 Å². The summed E-state index contributed by atoms with van der Waals surface area (Å²) in [6.45, 7) is 2.84. The number of anilines is 1. The average Bonchev–Trinajstić information content (AvgIpc) is 2.57. The van der Waals surface area contributed by atoms with Crippen molar-refractivity contribution in [1.29, 1.82) is 0 Å². The second kappa shape index (κ2) is 6.86. The lowest BCUT2D eigenvalue weighted by molar-refractivity contribution is -0.201. The number of phenolic OH excluding ortho intramolecular Hbond substituents is 1. The minimum atomic E-state index is -5.09. The Labute approximate surface area is 147 Å². The summed E-state index contributed by atoms with van der Waals surface area (Å²) in [5.41, 5.74) is -3.48. The normalized spacial score (nSPS) is 13.8. The summed E-state index contributed by atoms with van der Waals surface area (Å²) in [6, 6.07) is 6.21. The quantitative estimate of drug-likeness (QED) is 0.625. The summed E-state index contributed by atoms with van der Waals surface area (Å²) in [4.78, 5) is 12.3. The van der Waals surface area contributed by atoms with E-state index in [1.807, 2.05) is 0 Å². The number of methoxy groups -OCH3 is 1. The van der Waals surface area contributed by atoms with Crippen molar-refractivity contribution in [3.63, 3.8) is 0 Å². The van der Waals surface area contributed by atoms with E-state index in [0.29, 0.717) is 0 Å². The summed E-state index contributed by atoms with van der Waals surface area (Å²) in [7, 11) is 0.843. The zero-order valence-corrected chi connectivity index (χ0v) is 14.2. The number of esters is 1. The zero-order chi connectivity index (χ0) is 19.7. The van der Waals surface area contributed by atoms with Gasteiger partial charge in [0.2, 0.25) is 0 Å². The number of ether oxygens (including phenoxy) is 1. The van der Waals surface area contributed by atoms with Crippen molar-refractivity contribution in [3.8, 4) is 5.75 Å². The zero-order valence-electron chi connectivity index (χ0n) is 14.2. The van der Waals surface area contributed by atoms with E-state index in [4.69, 9.17) is 0 Å². The van der Waals surface area contributed by atoms with Crippen molar-refractivity contribution in [2.24, 2.45) is 0 Å². The van der Waals surface area contributed by atoms with Gasteiger partial charge in [-0.15, -0.1) is 0 Å². The SMILES string of the molecule is COC(=O)[C@@](Nc1ccc(F)cc1)(c1cc(C)c(O)c(C)c1)C(F)(F)F. The highest BCUT2D eigenvalue weighted by molar-refractivity contribution is 5.87. The molecule has 0 unspecified atom stereocenters. The molecule has 0 aliphatic heterocycles. The van der Waals surface area contributed by atoms with Crippen LogP contribution in [0.2, 0.25) is 0 Å². The van der Waals surface area contributed by atoms with Crippen molar-refractivity contribution >= 4 is 11.7 Å². The number of benzene rings is 2. The average molecular weight is 371 g/mol. The Kier molecular flexibility index (Phi) is 5.16. The Bertz CT molecular complexity index is 795. The van der Waals surface area contributed by atoms with Crippen molar-refractivity contribution in [1.82, 2.24) is 0 Å². The molecule has 0 aromatic heterocycles. The van der Waals surface area contributed by atoms with Crippen LogP contribution >= 0.6 is 0 Å². The van der Waals surface area contributed by atoms with Crippen LogP contribution in [0.5, 0.6) is 5.75 Å². The maximum Gasteiger partial charge on any atom is 0.426 e. The number of alkyl halides is 3. The van der Waals surface area contributed by atoms with E-state index in [0.717, 1.165) is 43.5 Å². The lowest BCUT2D eigenvalue weighted by atomic mass is 9.86. The molecule has 1 atom stereocenters. The Hall–Kier alpha value is -2.77. The molecular weight excluding hydrogens is 354 g/mol. The summed E-state index contributed by atoms with van der Waals surface area (Å²) in [5, 5.41) is 12.0. The Balaban J connectivity index is 2.75. The summed E-state index contributed by atoms with van der Waals surface area (Å²) >= 11 is 0. The second-order valence-corrected chi connectivity index (χ2v) is 5.83. The highest BCUT2D eigenvalue weighted by Gasteiger charge is 2.63. The molecule has 0 heterocycles. The number of hydrogen-bond acceptors (Lipinski definition) is 4. The molecule has 0 aliphatic rings. The number of carbonyl (C=O) groups excluding carboxylic acids is 1. The third-order valence-corrected chi connectivity index (χ3v) is 4.02. The molecular formula is C18H17F4NO3. The number of carbonyl (C=O) groups is 1. The van der Waals surface area contributed by atoms with E-state index in [1.165, 1.54) is 13.8 Å². The molecule has 0 radical (unpaired) electrons. The van der Waals surface area contributed by atoms with Crippen LogP contribution < -0.4 is 5.32 Å². The van der Waals surface area contributed by atoms with Crippen molar-refractivity contribution < 1.29 is 32.2 Å². The number of aromatic hydroxyl groups is 1. The van der Waals surface area contributed by atoms with Crippen LogP contribution in [-0.4, -0.2) is 24.4 Å². The van der Waals surface area contributed by atoms with Gasteiger partial charge in [-0.2, -0.15) is 13.2 Å². The summed E-state index contributed by atoms with van der Waals surface area (Å²) in [6.07, 6.45) is -5.09. The third kappa shape index (κ3) is 3.31. The fraction of sp³-hybridized carbons (Fsp3) is 0.278. The van der Waals surface area contributed by atoms with Crippen molar-refractivity contribution in [2.45, 2.75) is 25.6 Å². The fourth-order valence-corrected chi connectivity index (χ4v) is 2.67. The summed E-state index contributed by atoms with van der Waals surface area (Å²) < 4.78 is 59.9. The third-order valence-electron chi connectivity index (χ3n) is 4.02. The van der Waals surface area contributed by atoms with Gasteiger partial charge in [0.25, 0.3) is 5.54 Å². The molecule has 140 valence electrons. The van der Waals surface area contributed by atoms with Gasteiger partial charge in [-0.25, -0.2) is 9.18 Å². The number of halogens is 4. The van der Waals surface area contributed by atoms with Crippen LogP contribution in [0.3, 0.4) is 0 Å². The number of phenols is 1. The van der Waals surface area contributed by atoms with E-state index in [-0.39, 0.29) is 22.6 Å². The number of hydrogen-bond donors (Lipinski definition) is 2. The molecule has 2 aromatic rings. The Morgan fingerprint density at radius 2 is 1.58 bits per heavy atom. The first kappa shape index (κ1) is 19.6. The topological polar surface area (TPSA) is 58.6 Å². The van der Waals surface area contributed by atoms with E-state index < -0.39 is 29.1 Å². The van der Waals surface area contributed by atoms with Gasteiger partial charge in [-0.3, -0.25) is 0 Å². The first-order chi connectivity index (χ1) is 12.0. The number of nitrogens with one attached hydrogen (secondary N) is 1. The lowest BCUT2D eigenvalue weighted by Crippen LogP contribution is -2.55. The van der Waals surface area contributed by atoms with Crippen LogP contribution in [0.25, 0.3) is 0 Å². The van der Waals surface area contributed by atoms with Crippen molar-refractivity contribution in [3.05, 3.63) is 58.9 Å². The molecule has 0 amide bonds. The van der Waals surface area contributed by atoms with E-state index in [2.05, 4.69) is 10.1 Å². The van der Waals surface area contributed by atoms with Crippen LogP contribution in [0.15, 0.2) is 36.4 Å². The molecule has 2 rings (SSSR count). The molecule has 0 saturated heterocycles. The number of aryl methyl sites for hydroxylation is 2. The first-order valence-electron chi connectivity index (χ1n) is 7.52. The van der Waals surface area contributed by atoms with Gasteiger partial charge in [0.05, 0.1) is 7.11 Å². The maximum absolute atomic E-state index is 14.1. The molecule has 0 saturated carbocycles. The molecule has 26 heavy (non-hydrogen) atoms. The van der Waals surface area contributed by atoms with E-state index >= 15 is 0 Å². The van der Waals surface area contributed by atoms with Gasteiger partial charge in [-0.05, 0) is 66.9 Å². The predicted molar refractivity (Wildman–Crippen MR) is 87.4 cm³/mol. The van der Waals surface area contributed by atoms with Crippen LogP contribution in [0.4, 0.5) is 23.2 Å². The predicted octanol–water partition coefficient (Wildman–Crippen LogP) is 4.19. The van der Waals surface area contributed by atoms with Gasteiger partial charge in [-0.1, -0.05) is 0 Å². The monoisotopic (exact) mass is 371 g/mol. The molecule has 0 fully saturated rings. The molecule has 0 bridgehead atoms. The maximum atomic E-state index is 14.1. The Morgan fingerprint density at radius 1 is 1.08 bits per heavy atom. The second-order valence-electron chi connectivity index (χ2n) is 5.83. The van der Waals surface area contributed by atoms with Crippen LogP contribution in [0, 0.1) is 19.7 Å². The molecule has 8 heteroatoms.